The summed E-state index contributed by atoms with van der Waals surface area (Å²) in [5, 5.41) is 2.82. The highest BCUT2D eigenvalue weighted by Crippen LogP contribution is 2.14. The third-order valence-corrected chi connectivity index (χ3v) is 6.07. The topological polar surface area (TPSA) is 75.3 Å². The van der Waals surface area contributed by atoms with E-state index in [0.29, 0.717) is 5.69 Å². The standard InChI is InChI=1S/C23H24N2O3S/c1-2-18-13-15-20(16-14-18)24-23(26)22(17-19-9-5-3-6-10-19)25-29(27,28)21-11-7-4-8-12-21/h3-16,22,25H,2,17H2,1H3,(H,24,26)/t22-/m1/s1. The first-order valence-corrected chi connectivity index (χ1v) is 11.0. The number of benzene rings is 3. The molecule has 0 aliphatic carbocycles. The number of sulfonamides is 1. The predicted octanol–water partition coefficient (Wildman–Crippen LogP) is 3.78. The van der Waals surface area contributed by atoms with Crippen LogP contribution in [0.15, 0.2) is 89.8 Å². The first-order chi connectivity index (χ1) is 14.0. The number of hydrogen-bond acceptors (Lipinski definition) is 3. The van der Waals surface area contributed by atoms with Crippen LogP contribution in [0.5, 0.6) is 0 Å². The second-order valence-electron chi connectivity index (χ2n) is 6.72. The number of hydrogen-bond donors (Lipinski definition) is 2. The maximum absolute atomic E-state index is 12.9. The van der Waals surface area contributed by atoms with Crippen LogP contribution >= 0.6 is 0 Å². The average molecular weight is 409 g/mol. The molecule has 0 unspecified atom stereocenters. The van der Waals surface area contributed by atoms with Gasteiger partial charge in [0.15, 0.2) is 0 Å². The molecular weight excluding hydrogens is 384 g/mol. The summed E-state index contributed by atoms with van der Waals surface area (Å²) in [5.74, 6) is -0.405. The van der Waals surface area contributed by atoms with E-state index in [1.54, 1.807) is 18.2 Å². The number of anilines is 1. The molecule has 0 fully saturated rings. The number of carbonyl (C=O) groups is 1. The molecule has 0 bridgehead atoms. The summed E-state index contributed by atoms with van der Waals surface area (Å²) in [6, 6.07) is 24.0. The molecule has 0 aliphatic rings. The lowest BCUT2D eigenvalue weighted by Gasteiger charge is -2.19. The number of nitrogens with one attached hydrogen (secondary N) is 2. The SMILES string of the molecule is CCc1ccc(NC(=O)[C@@H](Cc2ccccc2)NS(=O)(=O)c2ccccc2)cc1. The van der Waals surface area contributed by atoms with Gasteiger partial charge in [-0.05, 0) is 48.2 Å². The highest BCUT2D eigenvalue weighted by Gasteiger charge is 2.26. The van der Waals surface area contributed by atoms with Crippen molar-refractivity contribution < 1.29 is 13.2 Å². The monoisotopic (exact) mass is 408 g/mol. The second-order valence-corrected chi connectivity index (χ2v) is 8.43. The van der Waals surface area contributed by atoms with E-state index >= 15 is 0 Å². The summed E-state index contributed by atoms with van der Waals surface area (Å²) < 4.78 is 28.1. The Morgan fingerprint density at radius 1 is 0.828 bits per heavy atom. The summed E-state index contributed by atoms with van der Waals surface area (Å²) >= 11 is 0. The Balaban J connectivity index is 1.82. The third kappa shape index (κ3) is 5.76. The average Bonchev–Trinajstić information content (AvgIpc) is 2.75. The molecule has 0 radical (unpaired) electrons. The van der Waals surface area contributed by atoms with Gasteiger partial charge in [0.25, 0.3) is 0 Å². The lowest BCUT2D eigenvalue weighted by atomic mass is 10.1. The predicted molar refractivity (Wildman–Crippen MR) is 115 cm³/mol. The van der Waals surface area contributed by atoms with Crippen LogP contribution < -0.4 is 10.0 Å². The number of amides is 1. The Hall–Kier alpha value is -2.96. The molecule has 0 saturated heterocycles. The van der Waals surface area contributed by atoms with E-state index in [2.05, 4.69) is 17.0 Å². The molecule has 0 saturated carbocycles. The highest BCUT2D eigenvalue weighted by molar-refractivity contribution is 7.89. The molecule has 1 atom stereocenters. The molecule has 6 heteroatoms. The van der Waals surface area contributed by atoms with E-state index in [9.17, 15) is 13.2 Å². The largest absolute Gasteiger partial charge is 0.325 e. The van der Waals surface area contributed by atoms with Crippen molar-refractivity contribution in [2.24, 2.45) is 0 Å². The van der Waals surface area contributed by atoms with Crippen molar-refractivity contribution in [3.8, 4) is 0 Å². The molecule has 150 valence electrons. The molecule has 5 nitrogen and oxygen atoms in total. The van der Waals surface area contributed by atoms with Crippen LogP contribution in [0.1, 0.15) is 18.1 Å². The molecule has 0 aliphatic heterocycles. The maximum Gasteiger partial charge on any atom is 0.242 e. The number of rotatable bonds is 8. The maximum atomic E-state index is 12.9. The van der Waals surface area contributed by atoms with Gasteiger partial charge < -0.3 is 5.32 Å². The fraction of sp³-hybridized carbons (Fsp3) is 0.174. The molecule has 3 rings (SSSR count). The van der Waals surface area contributed by atoms with Gasteiger partial charge in [0.2, 0.25) is 15.9 Å². The number of aryl methyl sites for hydroxylation is 1. The van der Waals surface area contributed by atoms with Crippen LogP contribution in [0, 0.1) is 0 Å². The van der Waals surface area contributed by atoms with Crippen molar-refractivity contribution in [3.63, 3.8) is 0 Å². The van der Waals surface area contributed by atoms with Crippen LogP contribution in [-0.4, -0.2) is 20.4 Å². The molecule has 2 N–H and O–H groups in total. The fourth-order valence-corrected chi connectivity index (χ4v) is 4.16. The third-order valence-electron chi connectivity index (χ3n) is 4.58. The summed E-state index contributed by atoms with van der Waals surface area (Å²) in [7, 11) is -3.84. The van der Waals surface area contributed by atoms with E-state index in [1.807, 2.05) is 54.6 Å². The Morgan fingerprint density at radius 2 is 1.41 bits per heavy atom. The van der Waals surface area contributed by atoms with Gasteiger partial charge in [-0.15, -0.1) is 0 Å². The molecular formula is C23H24N2O3S. The van der Waals surface area contributed by atoms with Gasteiger partial charge >= 0.3 is 0 Å². The summed E-state index contributed by atoms with van der Waals surface area (Å²) in [6.07, 6.45) is 1.15. The van der Waals surface area contributed by atoms with Gasteiger partial charge in [0.1, 0.15) is 6.04 Å². The minimum atomic E-state index is -3.84. The molecule has 29 heavy (non-hydrogen) atoms. The number of carbonyl (C=O) groups excluding carboxylic acids is 1. The van der Waals surface area contributed by atoms with Gasteiger partial charge in [-0.25, -0.2) is 8.42 Å². The van der Waals surface area contributed by atoms with Crippen molar-refractivity contribution in [2.45, 2.75) is 30.7 Å². The Labute approximate surface area is 171 Å². The first kappa shape index (κ1) is 20.8. The van der Waals surface area contributed by atoms with Gasteiger partial charge in [0.05, 0.1) is 4.90 Å². The van der Waals surface area contributed by atoms with Crippen molar-refractivity contribution >= 4 is 21.6 Å². The van der Waals surface area contributed by atoms with E-state index in [-0.39, 0.29) is 11.3 Å². The van der Waals surface area contributed by atoms with Crippen LogP contribution in [0.2, 0.25) is 0 Å². The summed E-state index contributed by atoms with van der Waals surface area (Å²) in [5.41, 5.74) is 2.66. The molecule has 0 spiro atoms. The summed E-state index contributed by atoms with van der Waals surface area (Å²) in [4.78, 5) is 13.1. The zero-order valence-electron chi connectivity index (χ0n) is 16.2. The van der Waals surface area contributed by atoms with Crippen LogP contribution in [0.4, 0.5) is 5.69 Å². The molecule has 0 heterocycles. The van der Waals surface area contributed by atoms with Crippen molar-refractivity contribution in [1.29, 1.82) is 0 Å². The van der Waals surface area contributed by atoms with Crippen LogP contribution in [0.3, 0.4) is 0 Å². The van der Waals surface area contributed by atoms with Crippen LogP contribution in [-0.2, 0) is 27.7 Å². The molecule has 1 amide bonds. The quantitative estimate of drug-likeness (QED) is 0.596. The van der Waals surface area contributed by atoms with Crippen molar-refractivity contribution in [1.82, 2.24) is 4.72 Å². The van der Waals surface area contributed by atoms with Crippen molar-refractivity contribution in [3.05, 3.63) is 96.1 Å². The minimum absolute atomic E-state index is 0.123. The zero-order valence-corrected chi connectivity index (χ0v) is 17.0. The Morgan fingerprint density at radius 3 is 2.00 bits per heavy atom. The highest BCUT2D eigenvalue weighted by atomic mass is 32.2. The summed E-state index contributed by atoms with van der Waals surface area (Å²) in [6.45, 7) is 2.06. The smallest absolute Gasteiger partial charge is 0.242 e. The Bertz CT molecular complexity index is 1030. The van der Waals surface area contributed by atoms with Crippen LogP contribution in [0.25, 0.3) is 0 Å². The van der Waals surface area contributed by atoms with E-state index in [4.69, 9.17) is 0 Å². The van der Waals surface area contributed by atoms with Gasteiger partial charge in [-0.2, -0.15) is 4.72 Å². The molecule has 0 aromatic heterocycles. The second kappa shape index (κ2) is 9.49. The molecule has 3 aromatic carbocycles. The van der Waals surface area contributed by atoms with E-state index < -0.39 is 22.0 Å². The minimum Gasteiger partial charge on any atom is -0.325 e. The molecule has 3 aromatic rings. The van der Waals surface area contributed by atoms with Crippen molar-refractivity contribution in [2.75, 3.05) is 5.32 Å². The Kier molecular flexibility index (Phi) is 6.80. The van der Waals surface area contributed by atoms with Gasteiger partial charge in [-0.3, -0.25) is 4.79 Å². The first-order valence-electron chi connectivity index (χ1n) is 9.49. The zero-order chi connectivity index (χ0) is 20.7. The lowest BCUT2D eigenvalue weighted by molar-refractivity contribution is -0.117. The normalized spacial score (nSPS) is 12.3. The van der Waals surface area contributed by atoms with Gasteiger partial charge in [-0.1, -0.05) is 67.6 Å². The van der Waals surface area contributed by atoms with E-state index in [0.717, 1.165) is 17.5 Å². The fourth-order valence-electron chi connectivity index (χ4n) is 2.95. The lowest BCUT2D eigenvalue weighted by Crippen LogP contribution is -2.45. The van der Waals surface area contributed by atoms with E-state index in [1.165, 1.54) is 12.1 Å². The van der Waals surface area contributed by atoms with Gasteiger partial charge in [0, 0.05) is 5.69 Å².